The normalized spacial score (nSPS) is 19.1. The fourth-order valence-electron chi connectivity index (χ4n) is 3.60. The first-order valence-corrected chi connectivity index (χ1v) is 9.70. The average molecular weight is 403 g/mol. The number of aromatic nitrogens is 1. The first-order valence-electron chi connectivity index (χ1n) is 9.32. The van der Waals surface area contributed by atoms with Gasteiger partial charge in [-0.15, -0.1) is 0 Å². The molecule has 4 rings (SSSR count). The Labute approximate surface area is 169 Å². The van der Waals surface area contributed by atoms with Gasteiger partial charge in [0.05, 0.1) is 18.8 Å². The molecule has 8 heteroatoms. The maximum atomic E-state index is 13.3. The Balaban J connectivity index is 1.47. The topological polar surface area (TPSA) is 58.1 Å². The smallest absolute Gasteiger partial charge is 0.325 e. The van der Waals surface area contributed by atoms with Gasteiger partial charge < -0.3 is 19.3 Å². The van der Waals surface area contributed by atoms with Gasteiger partial charge >= 0.3 is 6.03 Å². The average Bonchev–Trinajstić information content (AvgIpc) is 2.73. The standard InChI is InChI=1S/C20H23ClN4O3/c1-14-13-28-18-11-15(21)3-4-17(18)25(14)20(26)24-9-7-23(8-10-24)19-12-16(27-2)5-6-22-19/h3-6,11-12,14H,7-10,13H2,1-2H3. The van der Waals surface area contributed by atoms with Gasteiger partial charge in [0.1, 0.15) is 23.9 Å². The predicted molar refractivity (Wildman–Crippen MR) is 109 cm³/mol. The van der Waals surface area contributed by atoms with Crippen molar-refractivity contribution in [1.82, 2.24) is 9.88 Å². The zero-order valence-electron chi connectivity index (χ0n) is 16.0. The van der Waals surface area contributed by atoms with E-state index in [0.717, 1.165) is 30.3 Å². The summed E-state index contributed by atoms with van der Waals surface area (Å²) in [6.07, 6.45) is 1.74. The highest BCUT2D eigenvalue weighted by molar-refractivity contribution is 6.30. The third-order valence-electron chi connectivity index (χ3n) is 5.14. The van der Waals surface area contributed by atoms with Crippen LogP contribution in [0.2, 0.25) is 5.02 Å². The Morgan fingerprint density at radius 1 is 1.21 bits per heavy atom. The quantitative estimate of drug-likeness (QED) is 0.771. The summed E-state index contributed by atoms with van der Waals surface area (Å²) in [6, 6.07) is 9.09. The van der Waals surface area contributed by atoms with Crippen LogP contribution in [0.15, 0.2) is 36.5 Å². The minimum atomic E-state index is -0.0424. The second-order valence-electron chi connectivity index (χ2n) is 6.95. The largest absolute Gasteiger partial charge is 0.497 e. The van der Waals surface area contributed by atoms with Crippen molar-refractivity contribution < 1.29 is 14.3 Å². The number of amides is 2. The van der Waals surface area contributed by atoms with Gasteiger partial charge in [-0.25, -0.2) is 9.78 Å². The molecule has 0 spiro atoms. The number of nitrogens with zero attached hydrogens (tertiary/aromatic N) is 4. The molecule has 0 radical (unpaired) electrons. The number of anilines is 2. The van der Waals surface area contributed by atoms with Gasteiger partial charge in [0, 0.05) is 49.5 Å². The van der Waals surface area contributed by atoms with Crippen LogP contribution in [0.3, 0.4) is 0 Å². The molecule has 0 N–H and O–H groups in total. The van der Waals surface area contributed by atoms with Crippen LogP contribution in [0.5, 0.6) is 11.5 Å². The maximum absolute atomic E-state index is 13.3. The molecule has 1 unspecified atom stereocenters. The van der Waals surface area contributed by atoms with Crippen molar-refractivity contribution in [3.05, 3.63) is 41.6 Å². The number of urea groups is 1. The monoisotopic (exact) mass is 402 g/mol. The number of piperazine rings is 1. The number of carbonyl (C=O) groups excluding carboxylic acids is 1. The van der Waals surface area contributed by atoms with E-state index in [1.807, 2.05) is 34.9 Å². The summed E-state index contributed by atoms with van der Waals surface area (Å²) < 4.78 is 11.0. The molecule has 2 amide bonds. The van der Waals surface area contributed by atoms with Crippen molar-refractivity contribution >= 4 is 29.1 Å². The van der Waals surface area contributed by atoms with Crippen LogP contribution in [0.1, 0.15) is 6.92 Å². The molecule has 7 nitrogen and oxygen atoms in total. The van der Waals surface area contributed by atoms with Crippen molar-refractivity contribution in [3.63, 3.8) is 0 Å². The molecule has 0 bridgehead atoms. The molecule has 1 aromatic heterocycles. The number of rotatable bonds is 2. The summed E-state index contributed by atoms with van der Waals surface area (Å²) in [5, 5.41) is 0.597. The number of halogens is 1. The van der Waals surface area contributed by atoms with E-state index in [-0.39, 0.29) is 12.1 Å². The molecule has 2 aliphatic rings. The van der Waals surface area contributed by atoms with E-state index in [4.69, 9.17) is 21.1 Å². The second-order valence-corrected chi connectivity index (χ2v) is 7.39. The molecule has 0 aliphatic carbocycles. The minimum Gasteiger partial charge on any atom is -0.497 e. The van der Waals surface area contributed by atoms with E-state index in [1.54, 1.807) is 25.4 Å². The molecule has 1 aromatic carbocycles. The molecule has 3 heterocycles. The Bertz CT molecular complexity index is 870. The number of methoxy groups -OCH3 is 1. The lowest BCUT2D eigenvalue weighted by atomic mass is 10.1. The molecule has 1 saturated heterocycles. The number of carbonyl (C=O) groups is 1. The SMILES string of the molecule is COc1ccnc(N2CCN(C(=O)N3c4ccc(Cl)cc4OCC3C)CC2)c1. The van der Waals surface area contributed by atoms with Crippen molar-refractivity contribution in [2.45, 2.75) is 13.0 Å². The number of hydrogen-bond donors (Lipinski definition) is 0. The summed E-state index contributed by atoms with van der Waals surface area (Å²) in [4.78, 5) is 23.6. The van der Waals surface area contributed by atoms with E-state index in [9.17, 15) is 4.79 Å². The number of fused-ring (bicyclic) bond motifs is 1. The first-order chi connectivity index (χ1) is 13.6. The highest BCUT2D eigenvalue weighted by Gasteiger charge is 2.34. The molecular weight excluding hydrogens is 380 g/mol. The van der Waals surface area contributed by atoms with Crippen LogP contribution in [-0.2, 0) is 0 Å². The van der Waals surface area contributed by atoms with Crippen molar-refractivity contribution in [2.24, 2.45) is 0 Å². The summed E-state index contributed by atoms with van der Waals surface area (Å²) in [7, 11) is 1.64. The highest BCUT2D eigenvalue weighted by atomic mass is 35.5. The Kier molecular flexibility index (Phi) is 5.17. The first kappa shape index (κ1) is 18.7. The van der Waals surface area contributed by atoms with Crippen LogP contribution in [0, 0.1) is 0 Å². The summed E-state index contributed by atoms with van der Waals surface area (Å²) in [6.45, 7) is 5.14. The molecule has 2 aliphatic heterocycles. The van der Waals surface area contributed by atoms with Crippen LogP contribution in [-0.4, -0.2) is 61.9 Å². The van der Waals surface area contributed by atoms with Gasteiger partial charge in [0.15, 0.2) is 0 Å². The predicted octanol–water partition coefficient (Wildman–Crippen LogP) is 3.27. The van der Waals surface area contributed by atoms with Crippen molar-refractivity contribution in [2.75, 3.05) is 49.7 Å². The van der Waals surface area contributed by atoms with Crippen LogP contribution >= 0.6 is 11.6 Å². The Morgan fingerprint density at radius 2 is 2.00 bits per heavy atom. The highest BCUT2D eigenvalue weighted by Crippen LogP contribution is 2.36. The van der Waals surface area contributed by atoms with E-state index in [2.05, 4.69) is 9.88 Å². The molecule has 1 atom stereocenters. The minimum absolute atomic E-state index is 0.00220. The van der Waals surface area contributed by atoms with Crippen molar-refractivity contribution in [1.29, 1.82) is 0 Å². The summed E-state index contributed by atoms with van der Waals surface area (Å²) in [5.41, 5.74) is 0.769. The third-order valence-corrected chi connectivity index (χ3v) is 5.37. The van der Waals surface area contributed by atoms with Gasteiger partial charge in [-0.2, -0.15) is 0 Å². The van der Waals surface area contributed by atoms with Crippen LogP contribution in [0.4, 0.5) is 16.3 Å². The van der Waals surface area contributed by atoms with Crippen LogP contribution < -0.4 is 19.3 Å². The third kappa shape index (κ3) is 3.54. The molecule has 148 valence electrons. The van der Waals surface area contributed by atoms with Gasteiger partial charge in [-0.1, -0.05) is 11.6 Å². The van der Waals surface area contributed by atoms with Gasteiger partial charge in [-0.3, -0.25) is 4.90 Å². The summed E-state index contributed by atoms with van der Waals surface area (Å²) >= 11 is 6.07. The molecule has 2 aromatic rings. The molecule has 0 saturated carbocycles. The van der Waals surface area contributed by atoms with E-state index < -0.39 is 0 Å². The lowest BCUT2D eigenvalue weighted by Crippen LogP contribution is -2.56. The zero-order chi connectivity index (χ0) is 19.7. The van der Waals surface area contributed by atoms with Gasteiger partial charge in [-0.05, 0) is 25.1 Å². The number of hydrogen-bond acceptors (Lipinski definition) is 5. The van der Waals surface area contributed by atoms with E-state index in [1.165, 1.54) is 0 Å². The van der Waals surface area contributed by atoms with Gasteiger partial charge in [0.2, 0.25) is 0 Å². The summed E-state index contributed by atoms with van der Waals surface area (Å²) in [5.74, 6) is 2.30. The molecule has 1 fully saturated rings. The lowest BCUT2D eigenvalue weighted by Gasteiger charge is -2.41. The fourth-order valence-corrected chi connectivity index (χ4v) is 3.76. The van der Waals surface area contributed by atoms with Crippen molar-refractivity contribution in [3.8, 4) is 11.5 Å². The number of benzene rings is 1. The van der Waals surface area contributed by atoms with E-state index >= 15 is 0 Å². The number of pyridine rings is 1. The van der Waals surface area contributed by atoms with E-state index in [0.29, 0.717) is 30.5 Å². The van der Waals surface area contributed by atoms with Crippen LogP contribution in [0.25, 0.3) is 0 Å². The Morgan fingerprint density at radius 3 is 2.75 bits per heavy atom. The molecule has 28 heavy (non-hydrogen) atoms. The van der Waals surface area contributed by atoms with Gasteiger partial charge in [0.25, 0.3) is 0 Å². The maximum Gasteiger partial charge on any atom is 0.325 e. The molecular formula is C20H23ClN4O3. The fraction of sp³-hybridized carbons (Fsp3) is 0.400. The Hall–Kier alpha value is -2.67. The number of ether oxygens (including phenoxy) is 2. The lowest BCUT2D eigenvalue weighted by molar-refractivity contribution is 0.190. The zero-order valence-corrected chi connectivity index (χ0v) is 16.7. The second kappa shape index (κ2) is 7.75.